The van der Waals surface area contributed by atoms with Crippen LogP contribution in [0.5, 0.6) is 0 Å². The van der Waals surface area contributed by atoms with Crippen molar-refractivity contribution in [1.82, 2.24) is 5.32 Å². The molecule has 0 fully saturated rings. The highest BCUT2D eigenvalue weighted by Crippen LogP contribution is 2.19. The van der Waals surface area contributed by atoms with E-state index in [4.69, 9.17) is 4.74 Å². The van der Waals surface area contributed by atoms with Gasteiger partial charge in [-0.05, 0) is 83.5 Å². The summed E-state index contributed by atoms with van der Waals surface area (Å²) in [4.78, 5) is 24.7. The molecule has 6 nitrogen and oxygen atoms in total. The van der Waals surface area contributed by atoms with Crippen molar-refractivity contribution < 1.29 is 24.5 Å². The Kier molecular flexibility index (Phi) is 68.9. The first-order valence-corrected chi connectivity index (χ1v) is 36.7. The fourth-order valence-corrected chi connectivity index (χ4v) is 11.6. The molecule has 0 aromatic rings. The Balaban J connectivity index is 3.42. The molecule has 478 valence electrons. The van der Waals surface area contributed by atoms with E-state index in [1.807, 2.05) is 0 Å². The molecule has 0 saturated carbocycles. The van der Waals surface area contributed by atoms with Crippen molar-refractivity contribution in [2.24, 2.45) is 0 Å². The predicted molar refractivity (Wildman–Crippen MR) is 356 cm³/mol. The number of nitrogens with one attached hydrogen (secondary N) is 1. The number of hydrogen-bond donors (Lipinski definition) is 3. The Morgan fingerprint density at radius 2 is 0.617 bits per heavy atom. The summed E-state index contributed by atoms with van der Waals surface area (Å²) in [5.41, 5.74) is 0. The highest BCUT2D eigenvalue weighted by Gasteiger charge is 2.20. The second-order valence-electron chi connectivity index (χ2n) is 25.3. The first-order chi connectivity index (χ1) is 40.0. The van der Waals surface area contributed by atoms with Gasteiger partial charge < -0.3 is 20.3 Å². The Bertz CT molecular complexity index is 1310. The topological polar surface area (TPSA) is 95.9 Å². The van der Waals surface area contributed by atoms with Crippen molar-refractivity contribution in [2.45, 2.75) is 418 Å². The molecule has 0 rings (SSSR count). The number of aliphatic hydroxyl groups excluding tert-OH is 2. The smallest absolute Gasteiger partial charge is 0.305 e. The Morgan fingerprint density at radius 3 is 0.951 bits per heavy atom. The minimum atomic E-state index is -0.670. The van der Waals surface area contributed by atoms with E-state index >= 15 is 0 Å². The zero-order chi connectivity index (χ0) is 58.5. The summed E-state index contributed by atoms with van der Waals surface area (Å²) in [5.74, 6) is -0.0303. The number of esters is 1. The molecule has 6 heteroatoms. The van der Waals surface area contributed by atoms with Crippen LogP contribution in [0.2, 0.25) is 0 Å². The molecular weight excluding hydrogens is 995 g/mol. The monoisotopic (exact) mass is 1140 g/mol. The second kappa shape index (κ2) is 70.6. The van der Waals surface area contributed by atoms with Gasteiger partial charge in [-0.1, -0.05) is 346 Å². The summed E-state index contributed by atoms with van der Waals surface area (Å²) in [6.07, 6.45) is 90.5. The van der Waals surface area contributed by atoms with Crippen molar-refractivity contribution in [3.8, 4) is 0 Å². The van der Waals surface area contributed by atoms with E-state index in [2.05, 4.69) is 55.6 Å². The number of allylic oxidation sites excluding steroid dienone is 6. The van der Waals surface area contributed by atoms with Crippen LogP contribution in [0.1, 0.15) is 406 Å². The molecule has 0 radical (unpaired) electrons. The molecule has 2 atom stereocenters. The maximum atomic E-state index is 12.5. The average molecular weight is 1140 g/mol. The van der Waals surface area contributed by atoms with E-state index in [-0.39, 0.29) is 18.5 Å². The molecule has 3 N–H and O–H groups in total. The van der Waals surface area contributed by atoms with E-state index in [0.717, 1.165) is 51.4 Å². The van der Waals surface area contributed by atoms with Gasteiger partial charge >= 0.3 is 5.97 Å². The number of aliphatic hydroxyl groups is 2. The lowest BCUT2D eigenvalue weighted by atomic mass is 10.0. The minimum absolute atomic E-state index is 0.00686. The fraction of sp³-hybridized carbons (Fsp3) is 0.893. The van der Waals surface area contributed by atoms with Crippen LogP contribution in [0.4, 0.5) is 0 Å². The average Bonchev–Trinajstić information content (AvgIpc) is 3.47. The van der Waals surface area contributed by atoms with Crippen LogP contribution in [0.3, 0.4) is 0 Å². The van der Waals surface area contributed by atoms with Gasteiger partial charge in [-0.3, -0.25) is 9.59 Å². The Hall–Kier alpha value is -1.92. The molecule has 0 aromatic heterocycles. The molecule has 0 saturated heterocycles. The van der Waals surface area contributed by atoms with Gasteiger partial charge in [-0.25, -0.2) is 0 Å². The van der Waals surface area contributed by atoms with Crippen LogP contribution in [-0.4, -0.2) is 47.4 Å². The van der Waals surface area contributed by atoms with Gasteiger partial charge in [0, 0.05) is 12.8 Å². The maximum Gasteiger partial charge on any atom is 0.305 e. The molecule has 1 amide bonds. The van der Waals surface area contributed by atoms with E-state index in [9.17, 15) is 19.8 Å². The largest absolute Gasteiger partial charge is 0.466 e. The van der Waals surface area contributed by atoms with Crippen LogP contribution in [0.25, 0.3) is 0 Å². The predicted octanol–water partition coefficient (Wildman–Crippen LogP) is 23.9. The summed E-state index contributed by atoms with van der Waals surface area (Å²) in [6, 6.07) is -0.548. The zero-order valence-corrected chi connectivity index (χ0v) is 54.8. The molecule has 0 aliphatic heterocycles. The molecular formula is C75H143NO5. The molecule has 0 heterocycles. The lowest BCUT2D eigenvalue weighted by Crippen LogP contribution is -2.45. The van der Waals surface area contributed by atoms with Crippen molar-refractivity contribution in [3.63, 3.8) is 0 Å². The molecule has 0 spiro atoms. The molecule has 0 aromatic carbocycles. The normalized spacial score (nSPS) is 12.7. The highest BCUT2D eigenvalue weighted by molar-refractivity contribution is 5.76. The SMILES string of the molecule is CCCCCCCCC/C=C\CCCCCCCCCC(=O)OCCCCCCCCCCC/C=C\C/C=C\CCCCCCCCCCCC(=O)NC(CO)C(O)CCCCCCCCCCCCCCCCCCCCCCC. The molecule has 0 aliphatic carbocycles. The van der Waals surface area contributed by atoms with E-state index in [1.54, 1.807) is 0 Å². The number of hydrogen-bond acceptors (Lipinski definition) is 5. The van der Waals surface area contributed by atoms with Gasteiger partial charge in [-0.2, -0.15) is 0 Å². The summed E-state index contributed by atoms with van der Waals surface area (Å²) >= 11 is 0. The van der Waals surface area contributed by atoms with E-state index in [1.165, 1.54) is 321 Å². The number of carbonyl (C=O) groups is 2. The first-order valence-electron chi connectivity index (χ1n) is 36.7. The van der Waals surface area contributed by atoms with Crippen molar-refractivity contribution in [1.29, 1.82) is 0 Å². The fourth-order valence-electron chi connectivity index (χ4n) is 11.6. The summed E-state index contributed by atoms with van der Waals surface area (Å²) in [6.45, 7) is 4.98. The first kappa shape index (κ1) is 79.1. The molecule has 81 heavy (non-hydrogen) atoms. The van der Waals surface area contributed by atoms with Crippen molar-refractivity contribution in [3.05, 3.63) is 36.5 Å². The number of unbranched alkanes of at least 4 members (excludes halogenated alkanes) is 52. The lowest BCUT2D eigenvalue weighted by molar-refractivity contribution is -0.143. The summed E-state index contributed by atoms with van der Waals surface area (Å²) < 4.78 is 5.50. The zero-order valence-electron chi connectivity index (χ0n) is 54.8. The van der Waals surface area contributed by atoms with Crippen LogP contribution in [0, 0.1) is 0 Å². The Labute approximate surface area is 506 Å². The third-order valence-electron chi connectivity index (χ3n) is 17.2. The van der Waals surface area contributed by atoms with Crippen LogP contribution < -0.4 is 5.32 Å². The van der Waals surface area contributed by atoms with Crippen molar-refractivity contribution in [2.75, 3.05) is 13.2 Å². The van der Waals surface area contributed by atoms with Gasteiger partial charge in [0.25, 0.3) is 0 Å². The third kappa shape index (κ3) is 67.1. The van der Waals surface area contributed by atoms with Gasteiger partial charge in [0.1, 0.15) is 0 Å². The minimum Gasteiger partial charge on any atom is -0.466 e. The molecule has 2 unspecified atom stereocenters. The summed E-state index contributed by atoms with van der Waals surface area (Å²) in [7, 11) is 0. The Morgan fingerprint density at radius 1 is 0.346 bits per heavy atom. The quantitative estimate of drug-likeness (QED) is 0.0320. The molecule has 0 bridgehead atoms. The molecule has 0 aliphatic rings. The van der Waals surface area contributed by atoms with Crippen LogP contribution in [-0.2, 0) is 14.3 Å². The second-order valence-corrected chi connectivity index (χ2v) is 25.3. The van der Waals surface area contributed by atoms with Crippen LogP contribution in [0.15, 0.2) is 36.5 Å². The summed E-state index contributed by atoms with van der Waals surface area (Å²) in [5, 5.41) is 23.4. The van der Waals surface area contributed by atoms with Gasteiger partial charge in [-0.15, -0.1) is 0 Å². The number of ether oxygens (including phenoxy) is 1. The highest BCUT2D eigenvalue weighted by atomic mass is 16.5. The van der Waals surface area contributed by atoms with Gasteiger partial charge in [0.15, 0.2) is 0 Å². The maximum absolute atomic E-state index is 12.5. The lowest BCUT2D eigenvalue weighted by Gasteiger charge is -2.22. The van der Waals surface area contributed by atoms with Crippen LogP contribution >= 0.6 is 0 Å². The number of carbonyl (C=O) groups excluding carboxylic acids is 2. The number of amides is 1. The van der Waals surface area contributed by atoms with E-state index in [0.29, 0.717) is 25.9 Å². The van der Waals surface area contributed by atoms with Gasteiger partial charge in [0.05, 0.1) is 25.4 Å². The van der Waals surface area contributed by atoms with E-state index < -0.39 is 12.1 Å². The van der Waals surface area contributed by atoms with Crippen molar-refractivity contribution >= 4 is 11.9 Å². The number of rotatable bonds is 69. The standard InChI is InChI=1S/C75H143NO5/c1-3-5-7-9-11-13-15-17-19-21-23-29-32-35-39-43-47-51-55-59-63-67-73(78)72(71-77)76-74(79)68-64-60-56-52-48-44-40-36-33-30-27-25-24-26-28-31-34-38-42-46-50-54-58-62-66-70-81-75(80)69-65-61-57-53-49-45-41-37-22-20-18-16-14-12-10-8-6-4-2/h20,22,25-28,72-73,77-78H,3-19,21,23-24,29-71H2,1-2H3,(H,76,79)/b22-20-,27-25-,28-26-. The third-order valence-corrected chi connectivity index (χ3v) is 17.2. The van der Waals surface area contributed by atoms with Gasteiger partial charge in [0.2, 0.25) is 5.91 Å².